The fraction of sp³-hybridized carbons (Fsp3) is 0.333. The predicted molar refractivity (Wildman–Crippen MR) is 78.5 cm³/mol. The first-order valence-electron chi connectivity index (χ1n) is 6.36. The molecule has 0 fully saturated rings. The van der Waals surface area contributed by atoms with Crippen LogP contribution in [0.4, 0.5) is 0 Å². The number of nitrogens with one attached hydrogen (secondary N) is 1. The van der Waals surface area contributed by atoms with Crippen LogP contribution in [0.5, 0.6) is 5.75 Å². The van der Waals surface area contributed by atoms with Gasteiger partial charge in [0.25, 0.3) is 5.91 Å². The standard InChI is InChI=1S/C15H19NO5/c1-10(9-20-2)16-15(19)12-4-6-13(21-3)11(8-12)5-7-14(17)18/h4-8,10H,9H2,1-3H3,(H,16,19)(H,17,18). The molecule has 0 aromatic heterocycles. The molecule has 21 heavy (non-hydrogen) atoms. The maximum Gasteiger partial charge on any atom is 0.328 e. The number of methoxy groups -OCH3 is 2. The van der Waals surface area contributed by atoms with Crippen LogP contribution in [-0.4, -0.2) is 43.9 Å². The molecule has 0 aliphatic carbocycles. The summed E-state index contributed by atoms with van der Waals surface area (Å²) < 4.78 is 10.1. The summed E-state index contributed by atoms with van der Waals surface area (Å²) in [5.41, 5.74) is 0.940. The summed E-state index contributed by atoms with van der Waals surface area (Å²) >= 11 is 0. The van der Waals surface area contributed by atoms with Gasteiger partial charge in [0.2, 0.25) is 0 Å². The minimum atomic E-state index is -1.07. The SMILES string of the molecule is COCC(C)NC(=O)c1ccc(OC)c(C=CC(=O)O)c1. The highest BCUT2D eigenvalue weighted by Crippen LogP contribution is 2.21. The third-order valence-corrected chi connectivity index (χ3v) is 2.69. The molecular weight excluding hydrogens is 274 g/mol. The maximum atomic E-state index is 12.1. The Labute approximate surface area is 123 Å². The van der Waals surface area contributed by atoms with Gasteiger partial charge >= 0.3 is 5.97 Å². The second kappa shape index (κ2) is 8.06. The van der Waals surface area contributed by atoms with E-state index in [0.717, 1.165) is 6.08 Å². The van der Waals surface area contributed by atoms with Crippen molar-refractivity contribution in [1.82, 2.24) is 5.32 Å². The van der Waals surface area contributed by atoms with E-state index in [4.69, 9.17) is 14.6 Å². The predicted octanol–water partition coefficient (Wildman–Crippen LogP) is 1.56. The summed E-state index contributed by atoms with van der Waals surface area (Å²) in [5, 5.41) is 11.5. The van der Waals surface area contributed by atoms with Gasteiger partial charge in [-0.3, -0.25) is 4.79 Å². The molecule has 6 heteroatoms. The van der Waals surface area contributed by atoms with E-state index in [1.54, 1.807) is 25.3 Å². The molecule has 0 bridgehead atoms. The molecule has 0 heterocycles. The van der Waals surface area contributed by atoms with Crippen molar-refractivity contribution < 1.29 is 24.2 Å². The lowest BCUT2D eigenvalue weighted by molar-refractivity contribution is -0.131. The number of aliphatic carboxylic acids is 1. The third kappa shape index (κ3) is 5.27. The topological polar surface area (TPSA) is 84.9 Å². The number of carboxylic acid groups (broad SMARTS) is 1. The van der Waals surface area contributed by atoms with E-state index in [1.807, 2.05) is 6.92 Å². The Balaban J connectivity index is 2.96. The highest BCUT2D eigenvalue weighted by Gasteiger charge is 2.11. The Bertz CT molecular complexity index is 539. The lowest BCUT2D eigenvalue weighted by Crippen LogP contribution is -2.35. The van der Waals surface area contributed by atoms with Crippen LogP contribution in [0.1, 0.15) is 22.8 Å². The number of rotatable bonds is 7. The molecule has 2 N–H and O–H groups in total. The Kier molecular flexibility index (Phi) is 6.42. The number of amides is 1. The van der Waals surface area contributed by atoms with Crippen LogP contribution in [0.25, 0.3) is 6.08 Å². The first-order valence-corrected chi connectivity index (χ1v) is 6.36. The summed E-state index contributed by atoms with van der Waals surface area (Å²) in [6.07, 6.45) is 2.38. The highest BCUT2D eigenvalue weighted by molar-refractivity contribution is 5.95. The van der Waals surface area contributed by atoms with E-state index >= 15 is 0 Å². The van der Waals surface area contributed by atoms with Crippen LogP contribution < -0.4 is 10.1 Å². The summed E-state index contributed by atoms with van der Waals surface area (Å²) in [4.78, 5) is 22.7. The number of hydrogen-bond acceptors (Lipinski definition) is 4. The first-order chi connectivity index (χ1) is 9.97. The van der Waals surface area contributed by atoms with E-state index in [2.05, 4.69) is 5.32 Å². The van der Waals surface area contributed by atoms with Crippen molar-refractivity contribution in [1.29, 1.82) is 0 Å². The Morgan fingerprint density at radius 2 is 2.10 bits per heavy atom. The highest BCUT2D eigenvalue weighted by atomic mass is 16.5. The van der Waals surface area contributed by atoms with Gasteiger partial charge in [0.15, 0.2) is 0 Å². The number of carboxylic acids is 1. The first kappa shape index (κ1) is 16.7. The van der Waals surface area contributed by atoms with E-state index in [9.17, 15) is 9.59 Å². The number of hydrogen-bond donors (Lipinski definition) is 2. The zero-order chi connectivity index (χ0) is 15.8. The molecule has 0 saturated heterocycles. The van der Waals surface area contributed by atoms with Gasteiger partial charge < -0.3 is 19.9 Å². The van der Waals surface area contributed by atoms with Crippen molar-refractivity contribution in [2.45, 2.75) is 13.0 Å². The summed E-state index contributed by atoms with van der Waals surface area (Å²) in [6.45, 7) is 2.24. The number of carbonyl (C=O) groups excluding carboxylic acids is 1. The van der Waals surface area contributed by atoms with Gasteiger partial charge in [-0.2, -0.15) is 0 Å². The fourth-order valence-electron chi connectivity index (χ4n) is 1.77. The van der Waals surface area contributed by atoms with Crippen LogP contribution in [0.15, 0.2) is 24.3 Å². The van der Waals surface area contributed by atoms with Gasteiger partial charge in [0.05, 0.1) is 13.7 Å². The van der Waals surface area contributed by atoms with E-state index < -0.39 is 5.97 Å². The van der Waals surface area contributed by atoms with E-state index in [-0.39, 0.29) is 11.9 Å². The Morgan fingerprint density at radius 3 is 2.67 bits per heavy atom. The average molecular weight is 293 g/mol. The molecule has 1 unspecified atom stereocenters. The molecule has 0 radical (unpaired) electrons. The summed E-state index contributed by atoms with van der Waals surface area (Å²) in [7, 11) is 3.04. The minimum absolute atomic E-state index is 0.123. The molecule has 0 aliphatic rings. The van der Waals surface area contributed by atoms with Crippen molar-refractivity contribution >= 4 is 18.0 Å². The Morgan fingerprint density at radius 1 is 1.38 bits per heavy atom. The van der Waals surface area contributed by atoms with Gasteiger partial charge in [-0.05, 0) is 31.2 Å². The molecule has 0 spiro atoms. The molecule has 0 saturated carbocycles. The number of carbonyl (C=O) groups is 2. The van der Waals surface area contributed by atoms with Crippen LogP contribution in [-0.2, 0) is 9.53 Å². The van der Waals surface area contributed by atoms with Crippen molar-refractivity contribution in [3.8, 4) is 5.75 Å². The molecule has 6 nitrogen and oxygen atoms in total. The molecule has 1 amide bonds. The lowest BCUT2D eigenvalue weighted by Gasteiger charge is -2.13. The zero-order valence-electron chi connectivity index (χ0n) is 12.3. The second-order valence-corrected chi connectivity index (χ2v) is 4.46. The number of ether oxygens (including phenoxy) is 2. The average Bonchev–Trinajstić information content (AvgIpc) is 2.44. The lowest BCUT2D eigenvalue weighted by atomic mass is 10.1. The minimum Gasteiger partial charge on any atom is -0.496 e. The van der Waals surface area contributed by atoms with Crippen LogP contribution >= 0.6 is 0 Å². The maximum absolute atomic E-state index is 12.1. The van der Waals surface area contributed by atoms with E-state index in [0.29, 0.717) is 23.5 Å². The largest absolute Gasteiger partial charge is 0.496 e. The molecule has 1 aromatic rings. The Hall–Kier alpha value is -2.34. The van der Waals surface area contributed by atoms with Crippen molar-refractivity contribution in [3.05, 3.63) is 35.4 Å². The third-order valence-electron chi connectivity index (χ3n) is 2.69. The monoisotopic (exact) mass is 293 g/mol. The van der Waals surface area contributed by atoms with Gasteiger partial charge in [0, 0.05) is 30.4 Å². The van der Waals surface area contributed by atoms with Crippen LogP contribution in [0.3, 0.4) is 0 Å². The molecule has 114 valence electrons. The zero-order valence-corrected chi connectivity index (χ0v) is 12.3. The van der Waals surface area contributed by atoms with Crippen molar-refractivity contribution in [3.63, 3.8) is 0 Å². The van der Waals surface area contributed by atoms with Gasteiger partial charge in [0.1, 0.15) is 5.75 Å². The van der Waals surface area contributed by atoms with Crippen molar-refractivity contribution in [2.75, 3.05) is 20.8 Å². The normalized spacial score (nSPS) is 12.1. The summed E-state index contributed by atoms with van der Waals surface area (Å²) in [6, 6.07) is 4.69. The molecule has 1 rings (SSSR count). The van der Waals surface area contributed by atoms with Gasteiger partial charge in [-0.15, -0.1) is 0 Å². The van der Waals surface area contributed by atoms with Gasteiger partial charge in [-0.25, -0.2) is 4.79 Å². The van der Waals surface area contributed by atoms with Crippen molar-refractivity contribution in [2.24, 2.45) is 0 Å². The summed E-state index contributed by atoms with van der Waals surface area (Å²) in [5.74, 6) is -0.832. The molecule has 1 atom stereocenters. The van der Waals surface area contributed by atoms with E-state index in [1.165, 1.54) is 13.2 Å². The van der Waals surface area contributed by atoms with Crippen LogP contribution in [0, 0.1) is 0 Å². The molecular formula is C15H19NO5. The number of benzene rings is 1. The molecule has 1 aromatic carbocycles. The smallest absolute Gasteiger partial charge is 0.328 e. The van der Waals surface area contributed by atoms with Crippen LogP contribution in [0.2, 0.25) is 0 Å². The quantitative estimate of drug-likeness (QED) is 0.745. The van der Waals surface area contributed by atoms with Gasteiger partial charge in [-0.1, -0.05) is 0 Å². The second-order valence-electron chi connectivity index (χ2n) is 4.46. The molecule has 0 aliphatic heterocycles. The fourth-order valence-corrected chi connectivity index (χ4v) is 1.77.